The molecule has 2 unspecified atom stereocenters. The Hall–Kier alpha value is -2.36. The van der Waals surface area contributed by atoms with Crippen molar-refractivity contribution in [3.63, 3.8) is 0 Å². The van der Waals surface area contributed by atoms with Crippen LogP contribution in [-0.4, -0.2) is 27.2 Å². The first-order valence-corrected chi connectivity index (χ1v) is 7.86. The van der Waals surface area contributed by atoms with Gasteiger partial charge in [-0.2, -0.15) is 5.10 Å². The number of hydrogen-bond acceptors (Lipinski definition) is 3. The lowest BCUT2D eigenvalue weighted by molar-refractivity contribution is 0.632. The summed E-state index contributed by atoms with van der Waals surface area (Å²) in [6, 6.07) is 13.4. The summed E-state index contributed by atoms with van der Waals surface area (Å²) in [5.74, 6) is 1.61. The predicted octanol–water partition coefficient (Wildman–Crippen LogP) is 3.42. The Kier molecular flexibility index (Phi) is 3.10. The van der Waals surface area contributed by atoms with Gasteiger partial charge in [0.1, 0.15) is 5.52 Å². The number of hydrogen-bond donors (Lipinski definition) is 0. The second-order valence-corrected chi connectivity index (χ2v) is 6.11. The van der Waals surface area contributed by atoms with Crippen LogP contribution >= 0.6 is 0 Å². The van der Waals surface area contributed by atoms with Crippen LogP contribution in [0.4, 0.5) is 5.82 Å². The molecule has 112 valence electrons. The van der Waals surface area contributed by atoms with Gasteiger partial charge in [-0.25, -0.2) is 9.50 Å². The Balaban J connectivity index is 1.71. The Labute approximate surface area is 130 Å². The van der Waals surface area contributed by atoms with Crippen LogP contribution in [0.1, 0.15) is 30.5 Å². The van der Waals surface area contributed by atoms with Crippen LogP contribution in [-0.2, 0) is 0 Å². The first-order valence-electron chi connectivity index (χ1n) is 7.86. The molecule has 0 bridgehead atoms. The van der Waals surface area contributed by atoms with Crippen LogP contribution < -0.4 is 4.90 Å². The van der Waals surface area contributed by atoms with Crippen LogP contribution in [0.3, 0.4) is 0 Å². The van der Waals surface area contributed by atoms with Crippen molar-refractivity contribution in [2.45, 2.75) is 32.2 Å². The molecule has 1 fully saturated rings. The summed E-state index contributed by atoms with van der Waals surface area (Å²) in [6.45, 7) is 5.37. The standard InChI is InChI=1S/C18H20N4/c1-13-12-17-18(19-9-11-22(17)20-13)21-10-8-16(14(21)2)15-6-4-3-5-7-15/h3-7,9,11-12,14,16H,8,10H2,1-2H3. The smallest absolute Gasteiger partial charge is 0.154 e. The van der Waals surface area contributed by atoms with E-state index in [1.54, 1.807) is 0 Å². The molecular weight excluding hydrogens is 272 g/mol. The molecule has 4 heteroatoms. The van der Waals surface area contributed by atoms with Crippen molar-refractivity contribution in [3.8, 4) is 0 Å². The quantitative estimate of drug-likeness (QED) is 0.725. The van der Waals surface area contributed by atoms with Crippen molar-refractivity contribution in [3.05, 3.63) is 60.0 Å². The molecule has 0 radical (unpaired) electrons. The van der Waals surface area contributed by atoms with E-state index in [1.807, 2.05) is 23.8 Å². The van der Waals surface area contributed by atoms with Gasteiger partial charge in [-0.1, -0.05) is 30.3 Å². The molecule has 1 aliphatic heterocycles. The average Bonchev–Trinajstić information content (AvgIpc) is 3.10. The molecule has 4 rings (SSSR count). The Morgan fingerprint density at radius 3 is 2.82 bits per heavy atom. The highest BCUT2D eigenvalue weighted by Gasteiger charge is 2.33. The van der Waals surface area contributed by atoms with Crippen molar-refractivity contribution in [2.75, 3.05) is 11.4 Å². The van der Waals surface area contributed by atoms with E-state index in [0.717, 1.165) is 23.6 Å². The van der Waals surface area contributed by atoms with Gasteiger partial charge in [-0.15, -0.1) is 0 Å². The maximum Gasteiger partial charge on any atom is 0.154 e. The predicted molar refractivity (Wildman–Crippen MR) is 88.3 cm³/mol. The molecule has 0 aliphatic carbocycles. The van der Waals surface area contributed by atoms with Gasteiger partial charge in [0.2, 0.25) is 0 Å². The number of anilines is 1. The number of fused-ring (bicyclic) bond motifs is 1. The SMILES string of the molecule is Cc1cc2c(N3CCC(c4ccccc4)C3C)nccn2n1. The highest BCUT2D eigenvalue weighted by atomic mass is 15.3. The Bertz CT molecular complexity index is 793. The van der Waals surface area contributed by atoms with Gasteiger partial charge in [-0.3, -0.25) is 0 Å². The lowest BCUT2D eigenvalue weighted by atomic mass is 9.93. The third kappa shape index (κ3) is 2.06. The number of rotatable bonds is 2. The number of nitrogens with zero attached hydrogens (tertiary/aromatic N) is 4. The molecule has 0 saturated carbocycles. The first-order chi connectivity index (χ1) is 10.7. The highest BCUT2D eigenvalue weighted by Crippen LogP contribution is 2.36. The molecule has 0 amide bonds. The molecule has 1 aliphatic rings. The number of aromatic nitrogens is 3. The van der Waals surface area contributed by atoms with Gasteiger partial charge in [0.25, 0.3) is 0 Å². The van der Waals surface area contributed by atoms with Gasteiger partial charge in [0.05, 0.1) is 5.69 Å². The van der Waals surface area contributed by atoms with E-state index < -0.39 is 0 Å². The van der Waals surface area contributed by atoms with Gasteiger partial charge < -0.3 is 4.90 Å². The molecule has 2 atom stereocenters. The van der Waals surface area contributed by atoms with E-state index >= 15 is 0 Å². The monoisotopic (exact) mass is 292 g/mol. The molecule has 3 heterocycles. The van der Waals surface area contributed by atoms with Gasteiger partial charge >= 0.3 is 0 Å². The minimum atomic E-state index is 0.441. The van der Waals surface area contributed by atoms with Crippen molar-refractivity contribution < 1.29 is 0 Å². The maximum atomic E-state index is 4.65. The Morgan fingerprint density at radius 2 is 2.00 bits per heavy atom. The Morgan fingerprint density at radius 1 is 1.18 bits per heavy atom. The molecule has 1 aromatic carbocycles. The minimum absolute atomic E-state index is 0.441. The van der Waals surface area contributed by atoms with Crippen LogP contribution in [0.25, 0.3) is 5.52 Å². The number of aryl methyl sites for hydroxylation is 1. The van der Waals surface area contributed by atoms with Crippen molar-refractivity contribution in [1.82, 2.24) is 14.6 Å². The van der Waals surface area contributed by atoms with E-state index in [4.69, 9.17) is 0 Å². The second-order valence-electron chi connectivity index (χ2n) is 6.11. The zero-order chi connectivity index (χ0) is 15.1. The summed E-state index contributed by atoms with van der Waals surface area (Å²) in [5, 5.41) is 4.50. The summed E-state index contributed by atoms with van der Waals surface area (Å²) in [4.78, 5) is 7.07. The van der Waals surface area contributed by atoms with Crippen molar-refractivity contribution in [1.29, 1.82) is 0 Å². The van der Waals surface area contributed by atoms with Gasteiger partial charge in [-0.05, 0) is 31.9 Å². The van der Waals surface area contributed by atoms with Gasteiger partial charge in [0.15, 0.2) is 5.82 Å². The molecule has 22 heavy (non-hydrogen) atoms. The molecule has 4 nitrogen and oxygen atoms in total. The van der Waals surface area contributed by atoms with E-state index in [9.17, 15) is 0 Å². The lowest BCUT2D eigenvalue weighted by Crippen LogP contribution is -2.30. The van der Waals surface area contributed by atoms with Crippen molar-refractivity contribution in [2.24, 2.45) is 0 Å². The van der Waals surface area contributed by atoms with E-state index in [-0.39, 0.29) is 0 Å². The van der Waals surface area contributed by atoms with Crippen LogP contribution in [0.15, 0.2) is 48.8 Å². The first kappa shape index (κ1) is 13.3. The summed E-state index contributed by atoms with van der Waals surface area (Å²) in [7, 11) is 0. The summed E-state index contributed by atoms with van der Waals surface area (Å²) in [6.07, 6.45) is 4.93. The van der Waals surface area contributed by atoms with Crippen LogP contribution in [0.5, 0.6) is 0 Å². The van der Waals surface area contributed by atoms with E-state index in [1.165, 1.54) is 12.0 Å². The maximum absolute atomic E-state index is 4.65. The fourth-order valence-electron chi connectivity index (χ4n) is 3.64. The largest absolute Gasteiger partial charge is 0.351 e. The molecule has 0 spiro atoms. The third-order valence-electron chi connectivity index (χ3n) is 4.75. The topological polar surface area (TPSA) is 33.4 Å². The van der Waals surface area contributed by atoms with Crippen molar-refractivity contribution >= 4 is 11.3 Å². The fraction of sp³-hybridized carbons (Fsp3) is 0.333. The lowest BCUT2D eigenvalue weighted by Gasteiger charge is -2.26. The summed E-state index contributed by atoms with van der Waals surface area (Å²) in [5.41, 5.74) is 3.55. The minimum Gasteiger partial charge on any atom is -0.351 e. The van der Waals surface area contributed by atoms with Crippen LogP contribution in [0, 0.1) is 6.92 Å². The molecule has 2 aromatic heterocycles. The normalized spacial score (nSPS) is 21.6. The summed E-state index contributed by atoms with van der Waals surface area (Å²) >= 11 is 0. The summed E-state index contributed by atoms with van der Waals surface area (Å²) < 4.78 is 1.93. The van der Waals surface area contributed by atoms with E-state index in [0.29, 0.717) is 12.0 Å². The molecular formula is C18H20N4. The fourth-order valence-corrected chi connectivity index (χ4v) is 3.64. The third-order valence-corrected chi connectivity index (χ3v) is 4.75. The zero-order valence-corrected chi connectivity index (χ0v) is 13.0. The molecule has 3 aromatic rings. The second kappa shape index (κ2) is 5.13. The van der Waals surface area contributed by atoms with E-state index in [2.05, 4.69) is 58.3 Å². The van der Waals surface area contributed by atoms with Crippen LogP contribution in [0.2, 0.25) is 0 Å². The zero-order valence-electron chi connectivity index (χ0n) is 13.0. The molecule has 1 saturated heterocycles. The highest BCUT2D eigenvalue weighted by molar-refractivity contribution is 5.70. The average molecular weight is 292 g/mol. The number of benzene rings is 1. The van der Waals surface area contributed by atoms with Gasteiger partial charge in [0, 0.05) is 30.9 Å². The molecule has 0 N–H and O–H groups in total.